The second-order valence-electron chi connectivity index (χ2n) is 6.58. The molecule has 2 heterocycles. The highest BCUT2D eigenvalue weighted by molar-refractivity contribution is 5.68. The maximum atomic E-state index is 12.2. The standard InChI is InChI=1S/C16H25N3O2/c1-13-11-18(12-14-7-5-6-8-17-14)9-10-19(13)15(20)21-16(2,3)4/h5-8,13H,9-12H2,1-4H3/t13-/m1/s1. The summed E-state index contributed by atoms with van der Waals surface area (Å²) in [5.74, 6) is 0. The largest absolute Gasteiger partial charge is 0.444 e. The van der Waals surface area contributed by atoms with Crippen LogP contribution in [-0.4, -0.2) is 52.2 Å². The fourth-order valence-corrected chi connectivity index (χ4v) is 2.49. The average Bonchev–Trinajstić information content (AvgIpc) is 2.37. The minimum absolute atomic E-state index is 0.150. The fraction of sp³-hybridized carbons (Fsp3) is 0.625. The molecule has 0 aromatic carbocycles. The monoisotopic (exact) mass is 291 g/mol. The fourth-order valence-electron chi connectivity index (χ4n) is 2.49. The second kappa shape index (κ2) is 6.43. The van der Waals surface area contributed by atoms with Crippen LogP contribution in [0.15, 0.2) is 24.4 Å². The topological polar surface area (TPSA) is 45.7 Å². The van der Waals surface area contributed by atoms with Crippen LogP contribution in [0.5, 0.6) is 0 Å². The Bertz CT molecular complexity index is 470. The molecular weight excluding hydrogens is 266 g/mol. The molecule has 5 heteroatoms. The second-order valence-corrected chi connectivity index (χ2v) is 6.58. The Balaban J connectivity index is 1.89. The van der Waals surface area contributed by atoms with E-state index >= 15 is 0 Å². The van der Waals surface area contributed by atoms with Crippen molar-refractivity contribution in [2.24, 2.45) is 0 Å². The van der Waals surface area contributed by atoms with E-state index in [0.717, 1.165) is 25.3 Å². The van der Waals surface area contributed by atoms with Gasteiger partial charge in [0.25, 0.3) is 0 Å². The van der Waals surface area contributed by atoms with Crippen molar-refractivity contribution in [2.45, 2.75) is 45.9 Å². The number of nitrogens with zero attached hydrogens (tertiary/aromatic N) is 3. The van der Waals surface area contributed by atoms with Crippen LogP contribution in [0, 0.1) is 0 Å². The summed E-state index contributed by atoms with van der Waals surface area (Å²) in [6.07, 6.45) is 1.60. The number of rotatable bonds is 2. The van der Waals surface area contributed by atoms with Crippen LogP contribution in [0.1, 0.15) is 33.4 Å². The van der Waals surface area contributed by atoms with E-state index in [2.05, 4.69) is 16.8 Å². The molecule has 1 aliphatic rings. The van der Waals surface area contributed by atoms with E-state index in [1.807, 2.05) is 50.1 Å². The van der Waals surface area contributed by atoms with Crippen molar-refractivity contribution in [3.63, 3.8) is 0 Å². The quantitative estimate of drug-likeness (QED) is 0.840. The lowest BCUT2D eigenvalue weighted by molar-refractivity contribution is 0.000439. The third-order valence-corrected chi connectivity index (χ3v) is 3.45. The van der Waals surface area contributed by atoms with E-state index in [0.29, 0.717) is 6.54 Å². The average molecular weight is 291 g/mol. The normalized spacial score (nSPS) is 20.4. The van der Waals surface area contributed by atoms with Crippen LogP contribution in [0.4, 0.5) is 4.79 Å². The summed E-state index contributed by atoms with van der Waals surface area (Å²) in [6, 6.07) is 6.11. The first-order valence-corrected chi connectivity index (χ1v) is 7.47. The summed E-state index contributed by atoms with van der Waals surface area (Å²) < 4.78 is 5.46. The van der Waals surface area contributed by atoms with Gasteiger partial charge in [0.15, 0.2) is 0 Å². The Morgan fingerprint density at radius 2 is 2.14 bits per heavy atom. The number of carbonyl (C=O) groups excluding carboxylic acids is 1. The molecule has 0 unspecified atom stereocenters. The number of carbonyl (C=O) groups is 1. The maximum absolute atomic E-state index is 12.2. The van der Waals surface area contributed by atoms with Crippen molar-refractivity contribution in [1.29, 1.82) is 0 Å². The Hall–Kier alpha value is -1.62. The summed E-state index contributed by atoms with van der Waals surface area (Å²) in [6.45, 7) is 11.0. The van der Waals surface area contributed by atoms with Gasteiger partial charge in [0.1, 0.15) is 5.60 Å². The zero-order valence-corrected chi connectivity index (χ0v) is 13.4. The molecule has 5 nitrogen and oxygen atoms in total. The minimum atomic E-state index is -0.443. The Morgan fingerprint density at radius 3 is 2.71 bits per heavy atom. The van der Waals surface area contributed by atoms with Crippen LogP contribution in [0.25, 0.3) is 0 Å². The first-order valence-electron chi connectivity index (χ1n) is 7.47. The van der Waals surface area contributed by atoms with E-state index in [1.54, 1.807) is 0 Å². The van der Waals surface area contributed by atoms with Gasteiger partial charge in [0, 0.05) is 38.4 Å². The zero-order chi connectivity index (χ0) is 15.5. The molecule has 1 aromatic rings. The maximum Gasteiger partial charge on any atom is 0.410 e. The Morgan fingerprint density at radius 1 is 1.38 bits per heavy atom. The summed E-state index contributed by atoms with van der Waals surface area (Å²) in [5, 5.41) is 0. The number of hydrogen-bond donors (Lipinski definition) is 0. The van der Waals surface area contributed by atoms with Crippen molar-refractivity contribution in [1.82, 2.24) is 14.8 Å². The number of piperazine rings is 1. The van der Waals surface area contributed by atoms with Crippen LogP contribution in [0.2, 0.25) is 0 Å². The number of aromatic nitrogens is 1. The molecule has 116 valence electrons. The van der Waals surface area contributed by atoms with E-state index < -0.39 is 5.60 Å². The van der Waals surface area contributed by atoms with E-state index in [9.17, 15) is 4.79 Å². The molecule has 1 aromatic heterocycles. The molecule has 0 bridgehead atoms. The van der Waals surface area contributed by atoms with Gasteiger partial charge in [-0.2, -0.15) is 0 Å². The molecule has 1 fully saturated rings. The highest BCUT2D eigenvalue weighted by atomic mass is 16.6. The van der Waals surface area contributed by atoms with Gasteiger partial charge in [-0.25, -0.2) is 4.79 Å². The molecule has 1 atom stereocenters. The first-order chi connectivity index (χ1) is 9.85. The lowest BCUT2D eigenvalue weighted by atomic mass is 10.2. The zero-order valence-electron chi connectivity index (χ0n) is 13.4. The van der Waals surface area contributed by atoms with Crippen molar-refractivity contribution >= 4 is 6.09 Å². The summed E-state index contributed by atoms with van der Waals surface area (Å²) in [4.78, 5) is 20.7. The Labute approximate surface area is 126 Å². The van der Waals surface area contributed by atoms with Gasteiger partial charge >= 0.3 is 6.09 Å². The number of pyridine rings is 1. The van der Waals surface area contributed by atoms with E-state index in [1.165, 1.54) is 0 Å². The predicted octanol–water partition coefficient (Wildman–Crippen LogP) is 2.52. The highest BCUT2D eigenvalue weighted by Crippen LogP contribution is 2.16. The molecule has 0 N–H and O–H groups in total. The van der Waals surface area contributed by atoms with Gasteiger partial charge in [-0.15, -0.1) is 0 Å². The van der Waals surface area contributed by atoms with Crippen LogP contribution in [0.3, 0.4) is 0 Å². The molecule has 0 radical (unpaired) electrons. The molecule has 0 aliphatic carbocycles. The molecule has 21 heavy (non-hydrogen) atoms. The molecule has 0 saturated carbocycles. The minimum Gasteiger partial charge on any atom is -0.444 e. The lowest BCUT2D eigenvalue weighted by Gasteiger charge is -2.40. The molecule has 0 spiro atoms. The smallest absolute Gasteiger partial charge is 0.410 e. The highest BCUT2D eigenvalue weighted by Gasteiger charge is 2.30. The van der Waals surface area contributed by atoms with Crippen molar-refractivity contribution in [3.05, 3.63) is 30.1 Å². The van der Waals surface area contributed by atoms with Gasteiger partial charge in [0.2, 0.25) is 0 Å². The van der Waals surface area contributed by atoms with E-state index in [4.69, 9.17) is 4.74 Å². The molecule has 1 saturated heterocycles. The summed E-state index contributed by atoms with van der Waals surface area (Å²) >= 11 is 0. The SMILES string of the molecule is C[C@@H]1CN(Cc2ccccn2)CCN1C(=O)OC(C)(C)C. The summed E-state index contributed by atoms with van der Waals surface area (Å²) in [7, 11) is 0. The molecule has 1 amide bonds. The van der Waals surface area contributed by atoms with Crippen molar-refractivity contribution in [3.8, 4) is 0 Å². The lowest BCUT2D eigenvalue weighted by Crippen LogP contribution is -2.54. The number of ether oxygens (including phenoxy) is 1. The summed E-state index contributed by atoms with van der Waals surface area (Å²) in [5.41, 5.74) is 0.623. The third kappa shape index (κ3) is 4.70. The van der Waals surface area contributed by atoms with Crippen molar-refractivity contribution in [2.75, 3.05) is 19.6 Å². The van der Waals surface area contributed by atoms with Gasteiger partial charge < -0.3 is 9.64 Å². The van der Waals surface area contributed by atoms with E-state index in [-0.39, 0.29) is 12.1 Å². The first kappa shape index (κ1) is 15.8. The van der Waals surface area contributed by atoms with Crippen LogP contribution in [-0.2, 0) is 11.3 Å². The predicted molar refractivity (Wildman–Crippen MR) is 81.9 cm³/mol. The molecular formula is C16H25N3O2. The molecule has 2 rings (SSSR count). The van der Waals surface area contributed by atoms with Crippen LogP contribution < -0.4 is 0 Å². The van der Waals surface area contributed by atoms with Crippen LogP contribution >= 0.6 is 0 Å². The van der Waals surface area contributed by atoms with Crippen molar-refractivity contribution < 1.29 is 9.53 Å². The number of amides is 1. The molecule has 1 aliphatic heterocycles. The number of hydrogen-bond acceptors (Lipinski definition) is 4. The van der Waals surface area contributed by atoms with Gasteiger partial charge in [-0.05, 0) is 39.8 Å². The Kier molecular flexibility index (Phi) is 4.83. The van der Waals surface area contributed by atoms with Gasteiger partial charge in [-0.1, -0.05) is 6.07 Å². The van der Waals surface area contributed by atoms with Gasteiger partial charge in [-0.3, -0.25) is 9.88 Å². The van der Waals surface area contributed by atoms with Gasteiger partial charge in [0.05, 0.1) is 5.69 Å². The third-order valence-electron chi connectivity index (χ3n) is 3.45.